The summed E-state index contributed by atoms with van der Waals surface area (Å²) in [6.07, 6.45) is 70.0. The number of fused-ring (bicyclic) bond motifs is 6. The van der Waals surface area contributed by atoms with Crippen molar-refractivity contribution in [1.29, 1.82) is 0 Å². The van der Waals surface area contributed by atoms with Crippen LogP contribution in [-0.2, 0) is 0 Å². The minimum atomic E-state index is -0.490. The molecule has 112 heavy (non-hydrogen) atoms. The first-order valence-corrected chi connectivity index (χ1v) is 44.0. The third-order valence-corrected chi connectivity index (χ3v) is 27.1. The average molecular weight is 1670 g/mol. The molecule has 600 valence electrons. The van der Waals surface area contributed by atoms with Crippen LogP contribution in [0.25, 0.3) is 33.1 Å². The van der Waals surface area contributed by atoms with E-state index in [1.807, 2.05) is 101 Å². The van der Waals surface area contributed by atoms with Gasteiger partial charge in [-0.1, -0.05) is 178 Å². The summed E-state index contributed by atoms with van der Waals surface area (Å²) in [5.74, 6) is 3.30. The molecule has 12 heterocycles. The van der Waals surface area contributed by atoms with Gasteiger partial charge in [-0.25, -0.2) is 29.9 Å². The Morgan fingerprint density at radius 2 is 0.598 bits per heavy atom. The summed E-state index contributed by atoms with van der Waals surface area (Å²) in [6, 6.07) is 12.0. The lowest BCUT2D eigenvalue weighted by molar-refractivity contribution is 0.0847. The van der Waals surface area contributed by atoms with Gasteiger partial charge in [-0.2, -0.15) is 0 Å². The second-order valence-corrected chi connectivity index (χ2v) is 35.4. The third-order valence-electron chi connectivity index (χ3n) is 25.5. The fraction of sp³-hybridized carbons (Fsp3) is 0.538. The summed E-state index contributed by atoms with van der Waals surface area (Å²) in [5, 5.41) is 65.4. The maximum Gasteiger partial charge on any atom is 0.0992 e. The van der Waals surface area contributed by atoms with Crippen LogP contribution in [0.4, 0.5) is 0 Å². The lowest BCUT2D eigenvalue weighted by Gasteiger charge is -2.29. The summed E-state index contributed by atoms with van der Waals surface area (Å²) in [6.45, 7) is 8.54. The van der Waals surface area contributed by atoms with E-state index in [1.165, 1.54) is 152 Å². The Bertz CT molecular complexity index is 4570. The smallest absolute Gasteiger partial charge is 0.0992 e. The second-order valence-electron chi connectivity index (χ2n) is 33.4. The highest BCUT2D eigenvalue weighted by Gasteiger charge is 2.32. The van der Waals surface area contributed by atoms with Gasteiger partial charge in [0.15, 0.2) is 0 Å². The first kappa shape index (κ1) is 83.2. The average Bonchev–Trinajstić information content (AvgIpc) is 1.54. The Hall–Kier alpha value is -6.79. The quantitative estimate of drug-likeness (QED) is 0.0527. The van der Waals surface area contributed by atoms with Crippen molar-refractivity contribution in [2.24, 2.45) is 35.5 Å². The molecule has 6 aliphatic rings. The molecule has 12 aromatic heterocycles. The highest BCUT2D eigenvalue weighted by molar-refractivity contribution is 14.1. The van der Waals surface area contributed by atoms with E-state index in [0.717, 1.165) is 140 Å². The van der Waals surface area contributed by atoms with Crippen molar-refractivity contribution in [1.82, 2.24) is 56.3 Å². The number of rotatable bonds is 15. The molecule has 0 spiro atoms. The van der Waals surface area contributed by atoms with Gasteiger partial charge in [0.05, 0.1) is 145 Å². The molecule has 12 aromatic rings. The van der Waals surface area contributed by atoms with E-state index in [1.54, 1.807) is 44.0 Å². The van der Waals surface area contributed by atoms with E-state index in [2.05, 4.69) is 111 Å². The lowest BCUT2D eigenvalue weighted by Crippen LogP contribution is -2.18. The van der Waals surface area contributed by atoms with Gasteiger partial charge in [0.1, 0.15) is 0 Å². The lowest BCUT2D eigenvalue weighted by atomic mass is 9.80. The van der Waals surface area contributed by atoms with Crippen molar-refractivity contribution >= 4 is 78.9 Å². The van der Waals surface area contributed by atoms with Crippen molar-refractivity contribution in [2.45, 2.75) is 276 Å². The molecule has 0 radical (unpaired) electrons. The van der Waals surface area contributed by atoms with Crippen LogP contribution < -0.4 is 0 Å². The van der Waals surface area contributed by atoms with E-state index >= 15 is 0 Å². The van der Waals surface area contributed by atoms with Gasteiger partial charge in [-0.3, -0.25) is 0 Å². The van der Waals surface area contributed by atoms with Gasteiger partial charge < -0.3 is 57.0 Å². The molecule has 18 rings (SSSR count). The number of hydrogen-bond acceptors (Lipinski definition) is 12. The molecular weight excluding hydrogens is 1550 g/mol. The molecule has 21 heteroatoms. The van der Waals surface area contributed by atoms with Crippen LogP contribution in [0.2, 0.25) is 10.0 Å². The second kappa shape index (κ2) is 40.2. The number of aliphatic hydroxyl groups excluding tert-OH is 6. The molecule has 0 aromatic carbocycles. The van der Waals surface area contributed by atoms with Gasteiger partial charge >= 0.3 is 0 Å². The number of nitrogens with zero attached hydrogens (tertiary/aromatic N) is 12. The standard InChI is InChI=1S/C17H24N2O.C16H22N2O.C15H19ClN2O.C15H20N2O.C14H17ClN2O.C14H17IN2O/c1-12(2)14-8-9-19-11-18-10-15(19)16(14)17(20)13-6-4-3-5-7-13;1-12-7-8-18-11-17-10-14(18)16(12)15(19)9-13-5-3-2-4-6-13;16-12-6-7-18-10-17-9-13(18)15(12)14(19)8-11-4-2-1-3-5-11;1-11-7-8-17-10-16-9-13(17)14(11)15(18)12-5-3-2-4-6-12;2*15-11-6-7-17-9-16-8-12(17)13(11)14(18)10-4-2-1-3-5-10/h8-13,17,20H,3-7H2,1-2H3;7-8,10-11,13,15,19H,2-6,9H2,1H3;6-7,9-11,14,19H,1-5,8H2;7-10,12,15,18H,2-6H2,1H3;2*6-10,14,18H,1-5H2. The molecule has 6 unspecified atom stereocenters. The van der Waals surface area contributed by atoms with Gasteiger partial charge in [0.25, 0.3) is 0 Å². The summed E-state index contributed by atoms with van der Waals surface area (Å²) >= 11 is 14.9. The summed E-state index contributed by atoms with van der Waals surface area (Å²) in [7, 11) is 0. The zero-order chi connectivity index (χ0) is 78.2. The van der Waals surface area contributed by atoms with Crippen LogP contribution in [0, 0.1) is 52.9 Å². The monoisotopic (exact) mass is 1670 g/mol. The van der Waals surface area contributed by atoms with Crippen LogP contribution in [0.5, 0.6) is 0 Å². The fourth-order valence-electron chi connectivity index (χ4n) is 19.2. The molecule has 0 amide bonds. The summed E-state index contributed by atoms with van der Waals surface area (Å²) < 4.78 is 13.0. The Balaban J connectivity index is 0.000000118. The van der Waals surface area contributed by atoms with Crippen LogP contribution in [0.1, 0.15) is 312 Å². The Morgan fingerprint density at radius 1 is 0.330 bits per heavy atom. The highest BCUT2D eigenvalue weighted by Crippen LogP contribution is 2.44. The van der Waals surface area contributed by atoms with E-state index in [9.17, 15) is 30.6 Å². The minimum Gasteiger partial charge on any atom is -0.388 e. The Labute approximate surface area is 684 Å². The zero-order valence-corrected chi connectivity index (χ0v) is 69.8. The van der Waals surface area contributed by atoms with E-state index in [4.69, 9.17) is 23.2 Å². The van der Waals surface area contributed by atoms with E-state index in [-0.39, 0.29) is 24.4 Å². The maximum atomic E-state index is 11.0. The number of hydrogen-bond donors (Lipinski definition) is 6. The molecule has 6 N–H and O–H groups in total. The Kier molecular flexibility index (Phi) is 29.8. The number of aliphatic hydroxyl groups is 6. The number of pyridine rings is 6. The molecule has 6 atom stereocenters. The van der Waals surface area contributed by atoms with Gasteiger partial charge in [-0.15, -0.1) is 0 Å². The van der Waals surface area contributed by atoms with Crippen molar-refractivity contribution in [3.63, 3.8) is 0 Å². The van der Waals surface area contributed by atoms with Crippen LogP contribution >= 0.6 is 45.8 Å². The summed E-state index contributed by atoms with van der Waals surface area (Å²) in [5.41, 5.74) is 15.6. The van der Waals surface area contributed by atoms with Crippen molar-refractivity contribution in [3.05, 3.63) is 212 Å². The number of halogens is 3. The van der Waals surface area contributed by atoms with Gasteiger partial charge in [-0.05, 0) is 195 Å². The molecular formula is C91H119Cl2IN12O6. The van der Waals surface area contributed by atoms with E-state index < -0.39 is 12.2 Å². The van der Waals surface area contributed by atoms with E-state index in [0.29, 0.717) is 51.5 Å². The topological polar surface area (TPSA) is 225 Å². The van der Waals surface area contributed by atoms with Crippen LogP contribution in [-0.4, -0.2) is 86.9 Å². The van der Waals surface area contributed by atoms with Gasteiger partial charge in [0, 0.05) is 84.2 Å². The SMILES string of the molecule is CC(C)c1ccn2cncc2c1C(O)C1CCCCC1.Cc1ccn2cncc2c1C(O)C1CCCCC1.Cc1ccn2cncc2c1C(O)CC1CCCCC1.OC(CC1CCCCC1)c1c(Cl)ccn2cncc12.OC(c1c(Cl)ccn2cncc12)C1CCCCC1.OC(c1c(I)ccn2cncc12)C1CCCCC1. The maximum absolute atomic E-state index is 11.0. The first-order chi connectivity index (χ1) is 54.5. The number of aromatic nitrogens is 12. The predicted molar refractivity (Wildman–Crippen MR) is 456 cm³/mol. The van der Waals surface area contributed by atoms with Crippen molar-refractivity contribution in [2.75, 3.05) is 0 Å². The van der Waals surface area contributed by atoms with Crippen LogP contribution in [0.3, 0.4) is 0 Å². The first-order valence-electron chi connectivity index (χ1n) is 42.2. The molecule has 6 saturated carbocycles. The molecule has 0 aliphatic heterocycles. The third kappa shape index (κ3) is 20.2. The molecule has 0 bridgehead atoms. The van der Waals surface area contributed by atoms with Crippen molar-refractivity contribution < 1.29 is 30.6 Å². The number of aryl methyl sites for hydroxylation is 2. The largest absolute Gasteiger partial charge is 0.388 e. The van der Waals surface area contributed by atoms with Crippen molar-refractivity contribution in [3.8, 4) is 0 Å². The zero-order valence-electron chi connectivity index (χ0n) is 66.2. The number of imidazole rings is 6. The normalized spacial score (nSPS) is 19.0. The molecule has 18 nitrogen and oxygen atoms in total. The highest BCUT2D eigenvalue weighted by atomic mass is 127. The minimum absolute atomic E-state index is 0.331. The van der Waals surface area contributed by atoms with Crippen LogP contribution in [0.15, 0.2) is 149 Å². The Morgan fingerprint density at radius 3 is 0.991 bits per heavy atom. The molecule has 6 aliphatic carbocycles. The molecule has 0 saturated heterocycles. The fourth-order valence-corrected chi connectivity index (χ4v) is 20.5. The summed E-state index contributed by atoms with van der Waals surface area (Å²) in [4.78, 5) is 25.0. The van der Waals surface area contributed by atoms with Gasteiger partial charge in [0.2, 0.25) is 0 Å². The molecule has 6 fully saturated rings. The predicted octanol–water partition coefficient (Wildman–Crippen LogP) is 22.1.